The Morgan fingerprint density at radius 3 is 1.73 bits per heavy atom. The SMILES string of the molecule is Clc1ccccc1/C=N\N(c1ccccc1)c1ccccc1. The van der Waals surface area contributed by atoms with Crippen molar-refractivity contribution in [1.29, 1.82) is 0 Å². The van der Waals surface area contributed by atoms with Gasteiger partial charge >= 0.3 is 0 Å². The minimum absolute atomic E-state index is 0.687. The van der Waals surface area contributed by atoms with Crippen molar-refractivity contribution in [3.8, 4) is 0 Å². The lowest BCUT2D eigenvalue weighted by Crippen LogP contribution is -2.09. The van der Waals surface area contributed by atoms with Crippen LogP contribution in [0.1, 0.15) is 5.56 Å². The van der Waals surface area contributed by atoms with Gasteiger partial charge in [0.1, 0.15) is 0 Å². The fourth-order valence-corrected chi connectivity index (χ4v) is 2.31. The van der Waals surface area contributed by atoms with Crippen LogP contribution >= 0.6 is 11.6 Å². The molecule has 3 rings (SSSR count). The van der Waals surface area contributed by atoms with Gasteiger partial charge in [0.15, 0.2) is 0 Å². The van der Waals surface area contributed by atoms with Crippen LogP contribution in [0.15, 0.2) is 90.0 Å². The number of hydrogen-bond acceptors (Lipinski definition) is 2. The first kappa shape index (κ1) is 14.4. The normalized spacial score (nSPS) is 10.8. The van der Waals surface area contributed by atoms with Crippen LogP contribution in [0, 0.1) is 0 Å². The van der Waals surface area contributed by atoms with Crippen molar-refractivity contribution in [3.63, 3.8) is 0 Å². The third-order valence-corrected chi connectivity index (χ3v) is 3.56. The molecule has 0 aliphatic heterocycles. The van der Waals surface area contributed by atoms with Crippen molar-refractivity contribution in [2.24, 2.45) is 5.10 Å². The quantitative estimate of drug-likeness (QED) is 0.458. The molecule has 3 aromatic carbocycles. The summed E-state index contributed by atoms with van der Waals surface area (Å²) in [6.07, 6.45) is 1.78. The van der Waals surface area contributed by atoms with E-state index >= 15 is 0 Å². The molecule has 3 heteroatoms. The monoisotopic (exact) mass is 306 g/mol. The van der Waals surface area contributed by atoms with Crippen LogP contribution < -0.4 is 5.01 Å². The van der Waals surface area contributed by atoms with Gasteiger partial charge in [0.2, 0.25) is 0 Å². The predicted molar refractivity (Wildman–Crippen MR) is 94.1 cm³/mol. The molecule has 2 nitrogen and oxygen atoms in total. The summed E-state index contributed by atoms with van der Waals surface area (Å²) in [7, 11) is 0. The van der Waals surface area contributed by atoms with E-state index in [9.17, 15) is 0 Å². The molecule has 108 valence electrons. The Balaban J connectivity index is 1.98. The zero-order valence-electron chi connectivity index (χ0n) is 11.9. The minimum Gasteiger partial charge on any atom is -0.234 e. The summed E-state index contributed by atoms with van der Waals surface area (Å²) in [6, 6.07) is 27.7. The number of halogens is 1. The Hall–Kier alpha value is -2.58. The van der Waals surface area contributed by atoms with Gasteiger partial charge < -0.3 is 0 Å². The zero-order valence-corrected chi connectivity index (χ0v) is 12.7. The maximum Gasteiger partial charge on any atom is 0.0652 e. The largest absolute Gasteiger partial charge is 0.234 e. The van der Waals surface area contributed by atoms with Crippen LogP contribution in [-0.4, -0.2) is 6.21 Å². The number of nitrogens with zero attached hydrogens (tertiary/aromatic N) is 2. The molecule has 0 amide bonds. The van der Waals surface area contributed by atoms with Gasteiger partial charge in [-0.2, -0.15) is 5.10 Å². The van der Waals surface area contributed by atoms with E-state index in [1.165, 1.54) is 0 Å². The number of hydrazone groups is 1. The highest BCUT2D eigenvalue weighted by Gasteiger charge is 2.06. The first-order valence-electron chi connectivity index (χ1n) is 7.03. The Bertz CT molecular complexity index is 715. The van der Waals surface area contributed by atoms with E-state index in [4.69, 9.17) is 11.6 Å². The fourth-order valence-electron chi connectivity index (χ4n) is 2.12. The lowest BCUT2D eigenvalue weighted by atomic mass is 10.2. The van der Waals surface area contributed by atoms with Gasteiger partial charge in [0.25, 0.3) is 0 Å². The van der Waals surface area contributed by atoms with Crippen LogP contribution in [0.25, 0.3) is 0 Å². The molecule has 0 radical (unpaired) electrons. The van der Waals surface area contributed by atoms with Crippen molar-refractivity contribution >= 4 is 29.2 Å². The molecule has 0 unspecified atom stereocenters. The standard InChI is InChI=1S/C19H15ClN2/c20-19-14-8-7-9-16(19)15-21-22(17-10-3-1-4-11-17)18-12-5-2-6-13-18/h1-15H/b21-15-. The van der Waals surface area contributed by atoms with Crippen molar-refractivity contribution in [2.45, 2.75) is 0 Å². The number of anilines is 2. The van der Waals surface area contributed by atoms with Gasteiger partial charge in [0.05, 0.1) is 17.6 Å². The summed E-state index contributed by atoms with van der Waals surface area (Å²) in [5.41, 5.74) is 2.88. The number of hydrogen-bond donors (Lipinski definition) is 0. The Labute approximate surface area is 135 Å². The van der Waals surface area contributed by atoms with E-state index in [-0.39, 0.29) is 0 Å². The van der Waals surface area contributed by atoms with E-state index in [0.717, 1.165) is 16.9 Å². The molecule has 0 heterocycles. The first-order chi connectivity index (χ1) is 10.8. The molecular weight excluding hydrogens is 292 g/mol. The molecule has 0 fully saturated rings. The van der Waals surface area contributed by atoms with E-state index in [2.05, 4.69) is 5.10 Å². The van der Waals surface area contributed by atoms with Crippen LogP contribution in [0.3, 0.4) is 0 Å². The Morgan fingerprint density at radius 2 is 1.18 bits per heavy atom. The lowest BCUT2D eigenvalue weighted by Gasteiger charge is -2.19. The summed E-state index contributed by atoms with van der Waals surface area (Å²) in [6.45, 7) is 0. The molecule has 0 bridgehead atoms. The number of para-hydroxylation sites is 2. The fraction of sp³-hybridized carbons (Fsp3) is 0. The van der Waals surface area contributed by atoms with E-state index in [1.807, 2.05) is 89.9 Å². The predicted octanol–water partition coefficient (Wildman–Crippen LogP) is 5.51. The molecule has 0 N–H and O–H groups in total. The van der Waals surface area contributed by atoms with Crippen LogP contribution in [0.2, 0.25) is 5.02 Å². The van der Waals surface area contributed by atoms with Crippen molar-refractivity contribution in [3.05, 3.63) is 95.5 Å². The summed E-state index contributed by atoms with van der Waals surface area (Å²) >= 11 is 6.19. The summed E-state index contributed by atoms with van der Waals surface area (Å²) < 4.78 is 0. The molecule has 0 aliphatic rings. The third kappa shape index (κ3) is 3.35. The average Bonchev–Trinajstić information content (AvgIpc) is 2.59. The second kappa shape index (κ2) is 6.92. The highest BCUT2D eigenvalue weighted by molar-refractivity contribution is 6.33. The minimum atomic E-state index is 0.687. The van der Waals surface area contributed by atoms with Crippen molar-refractivity contribution in [2.75, 3.05) is 5.01 Å². The molecule has 0 atom stereocenters. The first-order valence-corrected chi connectivity index (χ1v) is 7.41. The maximum atomic E-state index is 6.19. The highest BCUT2D eigenvalue weighted by Crippen LogP contribution is 2.25. The molecule has 0 saturated heterocycles. The maximum absolute atomic E-state index is 6.19. The van der Waals surface area contributed by atoms with Crippen molar-refractivity contribution < 1.29 is 0 Å². The summed E-state index contributed by atoms with van der Waals surface area (Å²) in [4.78, 5) is 0. The zero-order chi connectivity index (χ0) is 15.2. The second-order valence-electron chi connectivity index (χ2n) is 4.75. The van der Waals surface area contributed by atoms with Gasteiger partial charge in [0, 0.05) is 10.6 Å². The number of rotatable bonds is 4. The highest BCUT2D eigenvalue weighted by atomic mass is 35.5. The van der Waals surface area contributed by atoms with Crippen LogP contribution in [-0.2, 0) is 0 Å². The molecule has 22 heavy (non-hydrogen) atoms. The number of benzene rings is 3. The van der Waals surface area contributed by atoms with E-state index < -0.39 is 0 Å². The third-order valence-electron chi connectivity index (χ3n) is 3.22. The molecule has 0 aromatic heterocycles. The van der Waals surface area contributed by atoms with Crippen LogP contribution in [0.5, 0.6) is 0 Å². The topological polar surface area (TPSA) is 15.6 Å². The van der Waals surface area contributed by atoms with Gasteiger partial charge in [-0.1, -0.05) is 66.2 Å². The molecule has 0 aliphatic carbocycles. The molecule has 0 saturated carbocycles. The van der Waals surface area contributed by atoms with Gasteiger partial charge in [-0.25, -0.2) is 5.01 Å². The van der Waals surface area contributed by atoms with Gasteiger partial charge in [-0.15, -0.1) is 0 Å². The lowest BCUT2D eigenvalue weighted by molar-refractivity contribution is 1.09. The van der Waals surface area contributed by atoms with Gasteiger partial charge in [-0.05, 0) is 30.3 Å². The smallest absolute Gasteiger partial charge is 0.0652 e. The molecular formula is C19H15ClN2. The Morgan fingerprint density at radius 1 is 0.682 bits per heavy atom. The van der Waals surface area contributed by atoms with Crippen molar-refractivity contribution in [1.82, 2.24) is 0 Å². The van der Waals surface area contributed by atoms with Gasteiger partial charge in [-0.3, -0.25) is 0 Å². The van der Waals surface area contributed by atoms with E-state index in [0.29, 0.717) is 5.02 Å². The molecule has 0 spiro atoms. The van der Waals surface area contributed by atoms with E-state index in [1.54, 1.807) is 6.21 Å². The summed E-state index contributed by atoms with van der Waals surface area (Å²) in [5, 5.41) is 7.20. The molecule has 3 aromatic rings. The second-order valence-corrected chi connectivity index (χ2v) is 5.16. The van der Waals surface area contributed by atoms with Crippen LogP contribution in [0.4, 0.5) is 11.4 Å². The Kier molecular flexibility index (Phi) is 4.52. The average molecular weight is 307 g/mol. The summed E-state index contributed by atoms with van der Waals surface area (Å²) in [5.74, 6) is 0.